The molecule has 0 heterocycles. The van der Waals surface area contributed by atoms with Crippen molar-refractivity contribution in [3.8, 4) is 0 Å². The monoisotopic (exact) mass is 176 g/mol. The SMILES string of the molecule is CCOC(C)COCC(C)OC. The zero-order valence-corrected chi connectivity index (χ0v) is 8.50. The van der Waals surface area contributed by atoms with Crippen molar-refractivity contribution in [2.45, 2.75) is 33.0 Å². The molecule has 2 atom stereocenters. The zero-order chi connectivity index (χ0) is 9.40. The van der Waals surface area contributed by atoms with Crippen molar-refractivity contribution in [1.29, 1.82) is 0 Å². The van der Waals surface area contributed by atoms with Crippen molar-refractivity contribution >= 4 is 0 Å². The Morgan fingerprint density at radius 1 is 1.08 bits per heavy atom. The van der Waals surface area contributed by atoms with Crippen LogP contribution in [-0.2, 0) is 14.2 Å². The van der Waals surface area contributed by atoms with Crippen molar-refractivity contribution in [3.05, 3.63) is 0 Å². The molecule has 12 heavy (non-hydrogen) atoms. The number of methoxy groups -OCH3 is 1. The van der Waals surface area contributed by atoms with E-state index in [1.54, 1.807) is 7.11 Å². The quantitative estimate of drug-likeness (QED) is 0.588. The third-order valence-corrected chi connectivity index (χ3v) is 1.56. The first-order chi connectivity index (χ1) is 5.70. The van der Waals surface area contributed by atoms with Crippen molar-refractivity contribution in [3.63, 3.8) is 0 Å². The van der Waals surface area contributed by atoms with Gasteiger partial charge in [-0.2, -0.15) is 0 Å². The number of hydrogen-bond donors (Lipinski definition) is 0. The van der Waals surface area contributed by atoms with Crippen LogP contribution in [0.2, 0.25) is 0 Å². The Morgan fingerprint density at radius 3 is 2.17 bits per heavy atom. The van der Waals surface area contributed by atoms with Gasteiger partial charge in [0.15, 0.2) is 0 Å². The minimum absolute atomic E-state index is 0.166. The van der Waals surface area contributed by atoms with Gasteiger partial charge >= 0.3 is 0 Å². The van der Waals surface area contributed by atoms with Crippen LogP contribution >= 0.6 is 0 Å². The lowest BCUT2D eigenvalue weighted by atomic mass is 10.4. The van der Waals surface area contributed by atoms with Gasteiger partial charge in [-0.3, -0.25) is 0 Å². The molecule has 2 unspecified atom stereocenters. The van der Waals surface area contributed by atoms with E-state index >= 15 is 0 Å². The van der Waals surface area contributed by atoms with Crippen LogP contribution in [0.25, 0.3) is 0 Å². The van der Waals surface area contributed by atoms with Gasteiger partial charge in [0, 0.05) is 13.7 Å². The summed E-state index contributed by atoms with van der Waals surface area (Å²) >= 11 is 0. The summed E-state index contributed by atoms with van der Waals surface area (Å²) in [7, 11) is 1.68. The molecule has 0 amide bonds. The minimum Gasteiger partial charge on any atom is -0.379 e. The third-order valence-electron chi connectivity index (χ3n) is 1.56. The molecule has 0 fully saturated rings. The van der Waals surface area contributed by atoms with Crippen LogP contribution in [0, 0.1) is 0 Å². The Kier molecular flexibility index (Phi) is 7.45. The molecule has 0 saturated heterocycles. The molecular formula is C9H20O3. The fraction of sp³-hybridized carbons (Fsp3) is 1.00. The van der Waals surface area contributed by atoms with Crippen LogP contribution in [0.3, 0.4) is 0 Å². The van der Waals surface area contributed by atoms with Gasteiger partial charge in [0.2, 0.25) is 0 Å². The molecule has 0 spiro atoms. The normalized spacial score (nSPS) is 16.0. The molecule has 0 radical (unpaired) electrons. The van der Waals surface area contributed by atoms with E-state index in [1.165, 1.54) is 0 Å². The van der Waals surface area contributed by atoms with E-state index in [1.807, 2.05) is 20.8 Å². The number of rotatable bonds is 7. The average Bonchev–Trinajstić information content (AvgIpc) is 2.04. The summed E-state index contributed by atoms with van der Waals surface area (Å²) in [6.45, 7) is 7.97. The molecule has 0 rings (SSSR count). The highest BCUT2D eigenvalue weighted by atomic mass is 16.5. The maximum absolute atomic E-state index is 5.35. The molecule has 3 nitrogen and oxygen atoms in total. The first-order valence-electron chi connectivity index (χ1n) is 4.42. The third kappa shape index (κ3) is 6.58. The predicted octanol–water partition coefficient (Wildman–Crippen LogP) is 1.46. The average molecular weight is 176 g/mol. The van der Waals surface area contributed by atoms with Gasteiger partial charge in [-0.25, -0.2) is 0 Å². The van der Waals surface area contributed by atoms with Crippen molar-refractivity contribution < 1.29 is 14.2 Å². The smallest absolute Gasteiger partial charge is 0.0780 e. The minimum atomic E-state index is 0.166. The summed E-state index contributed by atoms with van der Waals surface area (Å²) < 4.78 is 15.7. The molecule has 0 aromatic heterocycles. The first kappa shape index (κ1) is 11.9. The second-order valence-corrected chi connectivity index (χ2v) is 2.85. The molecule has 3 heteroatoms. The van der Waals surface area contributed by atoms with Gasteiger partial charge < -0.3 is 14.2 Å². The highest BCUT2D eigenvalue weighted by molar-refractivity contribution is 4.49. The van der Waals surface area contributed by atoms with E-state index in [0.29, 0.717) is 13.2 Å². The Balaban J connectivity index is 3.18. The largest absolute Gasteiger partial charge is 0.379 e. The van der Waals surface area contributed by atoms with Crippen LogP contribution in [0.4, 0.5) is 0 Å². The summed E-state index contributed by atoms with van der Waals surface area (Å²) in [6, 6.07) is 0. The second-order valence-electron chi connectivity index (χ2n) is 2.85. The molecule has 0 aliphatic carbocycles. The van der Waals surface area contributed by atoms with E-state index in [0.717, 1.165) is 6.61 Å². The summed E-state index contributed by atoms with van der Waals surface area (Å²) in [5.41, 5.74) is 0. The maximum atomic E-state index is 5.35. The molecule has 0 aliphatic rings. The van der Waals surface area contributed by atoms with Gasteiger partial charge in [0.1, 0.15) is 0 Å². The Morgan fingerprint density at radius 2 is 1.67 bits per heavy atom. The van der Waals surface area contributed by atoms with Crippen LogP contribution in [0.1, 0.15) is 20.8 Å². The molecule has 0 N–H and O–H groups in total. The lowest BCUT2D eigenvalue weighted by molar-refractivity contribution is -0.0340. The van der Waals surface area contributed by atoms with Crippen LogP contribution < -0.4 is 0 Å². The van der Waals surface area contributed by atoms with E-state index in [9.17, 15) is 0 Å². The molecule has 0 aliphatic heterocycles. The lowest BCUT2D eigenvalue weighted by Gasteiger charge is -2.14. The van der Waals surface area contributed by atoms with Crippen LogP contribution in [0.5, 0.6) is 0 Å². The number of ether oxygens (including phenoxy) is 3. The second kappa shape index (κ2) is 7.53. The van der Waals surface area contributed by atoms with Gasteiger partial charge in [-0.05, 0) is 20.8 Å². The molecule has 74 valence electrons. The fourth-order valence-electron chi connectivity index (χ4n) is 0.801. The standard InChI is InChI=1S/C9H20O3/c1-5-12-9(3)7-11-6-8(2)10-4/h8-9H,5-7H2,1-4H3. The topological polar surface area (TPSA) is 27.7 Å². The van der Waals surface area contributed by atoms with Crippen molar-refractivity contribution in [2.24, 2.45) is 0 Å². The summed E-state index contributed by atoms with van der Waals surface area (Å²) in [6.07, 6.45) is 0.345. The number of hydrogen-bond acceptors (Lipinski definition) is 3. The van der Waals surface area contributed by atoms with Crippen molar-refractivity contribution in [2.75, 3.05) is 26.9 Å². The van der Waals surface area contributed by atoms with Gasteiger partial charge in [0.25, 0.3) is 0 Å². The highest BCUT2D eigenvalue weighted by Crippen LogP contribution is 1.94. The molecule has 0 saturated carbocycles. The summed E-state index contributed by atoms with van der Waals surface area (Å²) in [5.74, 6) is 0. The molecule has 0 bridgehead atoms. The van der Waals surface area contributed by atoms with E-state index < -0.39 is 0 Å². The van der Waals surface area contributed by atoms with Gasteiger partial charge in [-0.15, -0.1) is 0 Å². The maximum Gasteiger partial charge on any atom is 0.0780 e. The summed E-state index contributed by atoms with van der Waals surface area (Å²) in [5, 5.41) is 0. The Hall–Kier alpha value is -0.120. The zero-order valence-electron chi connectivity index (χ0n) is 8.50. The fourth-order valence-corrected chi connectivity index (χ4v) is 0.801. The van der Waals surface area contributed by atoms with E-state index in [-0.39, 0.29) is 12.2 Å². The first-order valence-corrected chi connectivity index (χ1v) is 4.42. The van der Waals surface area contributed by atoms with Crippen LogP contribution in [0.15, 0.2) is 0 Å². The molecular weight excluding hydrogens is 156 g/mol. The summed E-state index contributed by atoms with van der Waals surface area (Å²) in [4.78, 5) is 0. The van der Waals surface area contributed by atoms with Gasteiger partial charge in [0.05, 0.1) is 25.4 Å². The lowest BCUT2D eigenvalue weighted by Crippen LogP contribution is -2.21. The molecule has 0 aromatic rings. The predicted molar refractivity (Wildman–Crippen MR) is 48.4 cm³/mol. The highest BCUT2D eigenvalue weighted by Gasteiger charge is 2.03. The van der Waals surface area contributed by atoms with E-state index in [2.05, 4.69) is 0 Å². The Bertz CT molecular complexity index is 95.8. The van der Waals surface area contributed by atoms with E-state index in [4.69, 9.17) is 14.2 Å². The Labute approximate surface area is 75.0 Å². The van der Waals surface area contributed by atoms with Crippen molar-refractivity contribution in [1.82, 2.24) is 0 Å². The van der Waals surface area contributed by atoms with Gasteiger partial charge in [-0.1, -0.05) is 0 Å². The molecule has 0 aromatic carbocycles. The van der Waals surface area contributed by atoms with Crippen LogP contribution in [-0.4, -0.2) is 39.1 Å².